The van der Waals surface area contributed by atoms with Crippen molar-refractivity contribution in [2.24, 2.45) is 0 Å². The van der Waals surface area contributed by atoms with Gasteiger partial charge in [0.1, 0.15) is 4.58 Å². The Morgan fingerprint density at radius 1 is 1.26 bits per heavy atom. The van der Waals surface area contributed by atoms with E-state index in [0.717, 1.165) is 12.0 Å². The van der Waals surface area contributed by atoms with Crippen molar-refractivity contribution < 1.29 is 8.42 Å². The molecule has 104 valence electrons. The molecule has 2 unspecified atom stereocenters. The molecule has 19 heavy (non-hydrogen) atoms. The molecule has 0 aliphatic carbocycles. The zero-order chi connectivity index (χ0) is 13.7. The average molecular weight is 297 g/mol. The molecule has 1 aliphatic rings. The molecule has 0 spiro atoms. The van der Waals surface area contributed by atoms with Crippen LogP contribution in [0.4, 0.5) is 0 Å². The van der Waals surface area contributed by atoms with Crippen molar-refractivity contribution in [2.45, 2.75) is 17.0 Å². The van der Waals surface area contributed by atoms with Gasteiger partial charge in [-0.25, -0.2) is 0 Å². The van der Waals surface area contributed by atoms with E-state index >= 15 is 0 Å². The molecule has 5 heteroatoms. The highest BCUT2D eigenvalue weighted by atomic mass is 32.2. The zero-order valence-electron chi connectivity index (χ0n) is 10.8. The second kappa shape index (κ2) is 7.12. The highest BCUT2D eigenvalue weighted by Gasteiger charge is 2.35. The molecule has 3 atom stereocenters. The fourth-order valence-electron chi connectivity index (χ4n) is 2.24. The number of nitrogens with one attached hydrogen (secondary N) is 1. The summed E-state index contributed by atoms with van der Waals surface area (Å²) < 4.78 is 24.1. The van der Waals surface area contributed by atoms with Crippen LogP contribution >= 0.6 is 0 Å². The molecular formula is C14H19NO2S2. The fourth-order valence-corrected chi connectivity index (χ4v) is 6.39. The van der Waals surface area contributed by atoms with E-state index in [1.807, 2.05) is 30.3 Å². The van der Waals surface area contributed by atoms with Gasteiger partial charge in [-0.15, -0.1) is 6.58 Å². The fraction of sp³-hybridized carbons (Fsp3) is 0.429. The summed E-state index contributed by atoms with van der Waals surface area (Å²) in [7, 11) is -2.08. The van der Waals surface area contributed by atoms with Gasteiger partial charge in [-0.3, -0.25) is 8.42 Å². The van der Waals surface area contributed by atoms with Crippen molar-refractivity contribution in [3.63, 3.8) is 0 Å². The van der Waals surface area contributed by atoms with Crippen molar-refractivity contribution in [1.29, 1.82) is 0 Å². The van der Waals surface area contributed by atoms with Gasteiger partial charge in [-0.2, -0.15) is 0 Å². The van der Waals surface area contributed by atoms with Crippen molar-refractivity contribution in [1.82, 2.24) is 5.32 Å². The highest BCUT2D eigenvalue weighted by Crippen LogP contribution is 2.27. The maximum absolute atomic E-state index is 12.2. The van der Waals surface area contributed by atoms with Crippen LogP contribution in [0.15, 0.2) is 43.0 Å². The van der Waals surface area contributed by atoms with Crippen molar-refractivity contribution in [3.05, 3.63) is 48.6 Å². The SMILES string of the molecule is C=CCN[C@H](c1ccccc1)C1S(=O)CCCS1=O. The first kappa shape index (κ1) is 14.6. The molecular weight excluding hydrogens is 278 g/mol. The number of hydrogen-bond acceptors (Lipinski definition) is 3. The Labute approximate surface area is 119 Å². The quantitative estimate of drug-likeness (QED) is 0.842. The van der Waals surface area contributed by atoms with Crippen LogP contribution in [0.1, 0.15) is 18.0 Å². The molecule has 0 saturated carbocycles. The molecule has 3 nitrogen and oxygen atoms in total. The van der Waals surface area contributed by atoms with E-state index in [2.05, 4.69) is 11.9 Å². The van der Waals surface area contributed by atoms with Gasteiger partial charge in [-0.05, 0) is 12.0 Å². The molecule has 0 radical (unpaired) electrons. The lowest BCUT2D eigenvalue weighted by Gasteiger charge is -2.29. The van der Waals surface area contributed by atoms with E-state index in [9.17, 15) is 8.42 Å². The molecule has 1 aromatic rings. The third-order valence-corrected chi connectivity index (χ3v) is 7.37. The van der Waals surface area contributed by atoms with Crippen LogP contribution in [0.3, 0.4) is 0 Å². The average Bonchev–Trinajstić information content (AvgIpc) is 2.43. The lowest BCUT2D eigenvalue weighted by atomic mass is 10.1. The van der Waals surface area contributed by atoms with Gasteiger partial charge in [0.05, 0.1) is 6.04 Å². The van der Waals surface area contributed by atoms with E-state index in [0.29, 0.717) is 18.1 Å². The highest BCUT2D eigenvalue weighted by molar-refractivity contribution is 8.03. The van der Waals surface area contributed by atoms with Gasteiger partial charge in [0, 0.05) is 39.6 Å². The molecule has 1 aromatic carbocycles. The van der Waals surface area contributed by atoms with Crippen LogP contribution in [-0.2, 0) is 21.6 Å². The standard InChI is InChI=1S/C14H19NO2S2/c1-2-9-15-13(12-7-4-3-5-8-12)14-18(16)10-6-11-19(14)17/h2-5,7-8,13-15H,1,6,9-11H2/t13-,14?,18?,19?/m1/s1. The lowest BCUT2D eigenvalue weighted by molar-refractivity contribution is 0.576. The summed E-state index contributed by atoms with van der Waals surface area (Å²) in [5, 5.41) is 3.31. The Morgan fingerprint density at radius 2 is 1.89 bits per heavy atom. The van der Waals surface area contributed by atoms with Gasteiger partial charge < -0.3 is 5.32 Å². The molecule has 0 aromatic heterocycles. The van der Waals surface area contributed by atoms with Gasteiger partial charge >= 0.3 is 0 Å². The van der Waals surface area contributed by atoms with E-state index in [4.69, 9.17) is 0 Å². The Kier molecular flexibility index (Phi) is 5.48. The Hall–Kier alpha value is -0.780. The summed E-state index contributed by atoms with van der Waals surface area (Å²) in [5.41, 5.74) is 1.04. The Balaban J connectivity index is 2.28. The minimum atomic E-state index is -1.04. The number of rotatable bonds is 5. The maximum Gasteiger partial charge on any atom is 0.129 e. The third-order valence-electron chi connectivity index (χ3n) is 3.12. The molecule has 0 bridgehead atoms. The van der Waals surface area contributed by atoms with Crippen LogP contribution in [-0.4, -0.2) is 31.1 Å². The van der Waals surface area contributed by atoms with E-state index in [1.54, 1.807) is 6.08 Å². The largest absolute Gasteiger partial charge is 0.305 e. The molecule has 1 N–H and O–H groups in total. The Morgan fingerprint density at radius 3 is 2.47 bits per heavy atom. The topological polar surface area (TPSA) is 46.2 Å². The predicted molar refractivity (Wildman–Crippen MR) is 81.8 cm³/mol. The maximum atomic E-state index is 12.2. The van der Waals surface area contributed by atoms with Crippen molar-refractivity contribution in [2.75, 3.05) is 18.1 Å². The molecule has 2 rings (SSSR count). The minimum Gasteiger partial charge on any atom is -0.305 e. The van der Waals surface area contributed by atoms with Crippen LogP contribution < -0.4 is 5.32 Å². The second-order valence-electron chi connectivity index (χ2n) is 4.48. The zero-order valence-corrected chi connectivity index (χ0v) is 12.4. The Bertz CT molecular complexity index is 460. The summed E-state index contributed by atoms with van der Waals surface area (Å²) >= 11 is 0. The van der Waals surface area contributed by atoms with Gasteiger partial charge in [0.25, 0.3) is 0 Å². The minimum absolute atomic E-state index is 0.138. The first-order chi connectivity index (χ1) is 9.24. The molecule has 1 aliphatic heterocycles. The van der Waals surface area contributed by atoms with Gasteiger partial charge in [0.2, 0.25) is 0 Å². The van der Waals surface area contributed by atoms with Crippen LogP contribution in [0.25, 0.3) is 0 Å². The summed E-state index contributed by atoms with van der Waals surface area (Å²) in [4.78, 5) is 0. The molecule has 1 fully saturated rings. The normalized spacial score (nSPS) is 28.7. The first-order valence-corrected chi connectivity index (χ1v) is 9.14. The van der Waals surface area contributed by atoms with E-state index < -0.39 is 21.6 Å². The lowest BCUT2D eigenvalue weighted by Crippen LogP contribution is -2.42. The monoisotopic (exact) mass is 297 g/mol. The summed E-state index contributed by atoms with van der Waals surface area (Å²) in [5.74, 6) is 1.30. The van der Waals surface area contributed by atoms with Crippen molar-refractivity contribution >= 4 is 21.6 Å². The van der Waals surface area contributed by atoms with E-state index in [-0.39, 0.29) is 10.6 Å². The summed E-state index contributed by atoms with van der Waals surface area (Å²) in [6.45, 7) is 4.31. The molecule has 1 saturated heterocycles. The second-order valence-corrected chi connectivity index (χ2v) is 8.13. The molecule has 0 amide bonds. The predicted octanol–water partition coefficient (Wildman–Crippen LogP) is 1.73. The van der Waals surface area contributed by atoms with Crippen LogP contribution in [0.5, 0.6) is 0 Å². The smallest absolute Gasteiger partial charge is 0.129 e. The van der Waals surface area contributed by atoms with Crippen LogP contribution in [0.2, 0.25) is 0 Å². The van der Waals surface area contributed by atoms with Gasteiger partial charge in [-0.1, -0.05) is 36.4 Å². The summed E-state index contributed by atoms with van der Waals surface area (Å²) in [6, 6.07) is 9.69. The first-order valence-electron chi connectivity index (χ1n) is 6.37. The number of benzene rings is 1. The molecule has 1 heterocycles. The van der Waals surface area contributed by atoms with Crippen molar-refractivity contribution in [3.8, 4) is 0 Å². The third kappa shape index (κ3) is 3.61. The summed E-state index contributed by atoms with van der Waals surface area (Å²) in [6.07, 6.45) is 2.56. The number of hydrogen-bond donors (Lipinski definition) is 1. The van der Waals surface area contributed by atoms with Gasteiger partial charge in [0.15, 0.2) is 0 Å². The van der Waals surface area contributed by atoms with E-state index in [1.165, 1.54) is 0 Å². The van der Waals surface area contributed by atoms with Crippen LogP contribution in [0, 0.1) is 0 Å².